The Kier molecular flexibility index (Phi) is 3.87. The van der Waals surface area contributed by atoms with Gasteiger partial charge in [0.05, 0.1) is 11.5 Å². The van der Waals surface area contributed by atoms with Crippen molar-refractivity contribution in [2.24, 2.45) is 0 Å². The van der Waals surface area contributed by atoms with E-state index < -0.39 is 15.8 Å². The molecule has 15 heavy (non-hydrogen) atoms. The zero-order valence-electron chi connectivity index (χ0n) is 8.64. The fourth-order valence-electron chi connectivity index (χ4n) is 1.52. The molecule has 1 N–H and O–H groups in total. The fourth-order valence-corrected chi connectivity index (χ4v) is 2.79. The van der Waals surface area contributed by atoms with E-state index in [2.05, 4.69) is 0 Å². The average molecular weight is 233 g/mol. The second-order valence-corrected chi connectivity index (χ2v) is 6.06. The van der Waals surface area contributed by atoms with Crippen molar-refractivity contribution in [3.05, 3.63) is 11.6 Å². The van der Waals surface area contributed by atoms with Crippen molar-refractivity contribution in [1.29, 1.82) is 0 Å². The fraction of sp³-hybridized carbons (Fsp3) is 0.667. The van der Waals surface area contributed by atoms with Crippen molar-refractivity contribution < 1.29 is 18.3 Å². The molecule has 0 bridgehead atoms. The SMILES string of the molecule is C/C(=C\C(=O)O)CN1CCS(=O)(=O)CC1. The first kappa shape index (κ1) is 12.2. The van der Waals surface area contributed by atoms with Crippen LogP contribution in [0.1, 0.15) is 6.92 Å². The van der Waals surface area contributed by atoms with E-state index in [0.717, 1.165) is 11.6 Å². The first-order chi connectivity index (χ1) is 6.89. The molecule has 0 atom stereocenters. The summed E-state index contributed by atoms with van der Waals surface area (Å²) in [6, 6.07) is 0. The van der Waals surface area contributed by atoms with Crippen LogP contribution in [0.4, 0.5) is 0 Å². The molecule has 0 amide bonds. The number of carboxylic acid groups (broad SMARTS) is 1. The lowest BCUT2D eigenvalue weighted by Gasteiger charge is -2.26. The smallest absolute Gasteiger partial charge is 0.328 e. The minimum atomic E-state index is -2.85. The van der Waals surface area contributed by atoms with Crippen LogP contribution in [-0.2, 0) is 14.6 Å². The Bertz CT molecular complexity index is 358. The van der Waals surface area contributed by atoms with Crippen LogP contribution >= 0.6 is 0 Å². The molecule has 0 aromatic carbocycles. The van der Waals surface area contributed by atoms with E-state index >= 15 is 0 Å². The second kappa shape index (κ2) is 4.76. The van der Waals surface area contributed by atoms with Gasteiger partial charge in [0.15, 0.2) is 9.84 Å². The van der Waals surface area contributed by atoms with Crippen LogP contribution in [0.15, 0.2) is 11.6 Å². The molecule has 0 unspecified atom stereocenters. The van der Waals surface area contributed by atoms with E-state index in [9.17, 15) is 13.2 Å². The summed E-state index contributed by atoms with van der Waals surface area (Å²) in [5.74, 6) is -0.613. The van der Waals surface area contributed by atoms with Crippen molar-refractivity contribution in [2.75, 3.05) is 31.1 Å². The number of hydrogen-bond acceptors (Lipinski definition) is 4. The molecular weight excluding hydrogens is 218 g/mol. The summed E-state index contributed by atoms with van der Waals surface area (Å²) in [5, 5.41) is 8.51. The number of carboxylic acids is 1. The Morgan fingerprint density at radius 2 is 1.93 bits per heavy atom. The Morgan fingerprint density at radius 1 is 1.40 bits per heavy atom. The number of nitrogens with zero attached hydrogens (tertiary/aromatic N) is 1. The molecule has 1 saturated heterocycles. The molecular formula is C9H15NO4S. The summed E-state index contributed by atoms with van der Waals surface area (Å²) in [5.41, 5.74) is 0.738. The summed E-state index contributed by atoms with van der Waals surface area (Å²) in [6.45, 7) is 3.25. The molecule has 1 fully saturated rings. The molecule has 1 aliphatic rings. The molecule has 0 spiro atoms. The van der Waals surface area contributed by atoms with Crippen LogP contribution in [0, 0.1) is 0 Å². The molecule has 0 aromatic heterocycles. The average Bonchev–Trinajstić information content (AvgIpc) is 2.07. The van der Waals surface area contributed by atoms with Gasteiger partial charge in [-0.3, -0.25) is 4.90 Å². The van der Waals surface area contributed by atoms with Gasteiger partial charge in [-0.2, -0.15) is 0 Å². The van der Waals surface area contributed by atoms with Gasteiger partial charge in [-0.25, -0.2) is 13.2 Å². The minimum absolute atomic E-state index is 0.174. The number of sulfone groups is 1. The van der Waals surface area contributed by atoms with E-state index in [-0.39, 0.29) is 11.5 Å². The van der Waals surface area contributed by atoms with Crippen molar-refractivity contribution in [1.82, 2.24) is 4.90 Å². The predicted molar refractivity (Wildman–Crippen MR) is 56.5 cm³/mol. The van der Waals surface area contributed by atoms with Crippen molar-refractivity contribution in [2.45, 2.75) is 6.92 Å². The zero-order valence-corrected chi connectivity index (χ0v) is 9.46. The van der Waals surface area contributed by atoms with E-state index in [4.69, 9.17) is 5.11 Å². The molecule has 0 radical (unpaired) electrons. The molecule has 86 valence electrons. The summed E-state index contributed by atoms with van der Waals surface area (Å²) in [4.78, 5) is 12.3. The number of rotatable bonds is 3. The first-order valence-corrected chi connectivity index (χ1v) is 6.54. The highest BCUT2D eigenvalue weighted by Gasteiger charge is 2.21. The summed E-state index contributed by atoms with van der Waals surface area (Å²) >= 11 is 0. The molecule has 0 saturated carbocycles. The molecule has 0 aliphatic carbocycles. The highest BCUT2D eigenvalue weighted by molar-refractivity contribution is 7.91. The third-order valence-electron chi connectivity index (χ3n) is 2.28. The van der Waals surface area contributed by atoms with Gasteiger partial charge < -0.3 is 5.11 Å². The van der Waals surface area contributed by atoms with E-state index in [1.807, 2.05) is 4.90 Å². The van der Waals surface area contributed by atoms with Gasteiger partial charge in [-0.05, 0) is 6.92 Å². The lowest BCUT2D eigenvalue weighted by atomic mass is 10.2. The molecule has 0 aromatic rings. The van der Waals surface area contributed by atoms with E-state index in [1.54, 1.807) is 6.92 Å². The van der Waals surface area contributed by atoms with E-state index in [1.165, 1.54) is 0 Å². The lowest BCUT2D eigenvalue weighted by Crippen LogP contribution is -2.40. The highest BCUT2D eigenvalue weighted by atomic mass is 32.2. The summed E-state index contributed by atoms with van der Waals surface area (Å²) in [6.07, 6.45) is 1.16. The molecule has 5 nitrogen and oxygen atoms in total. The van der Waals surface area contributed by atoms with Gasteiger partial charge >= 0.3 is 5.97 Å². The van der Waals surface area contributed by atoms with Crippen LogP contribution in [0.3, 0.4) is 0 Å². The monoisotopic (exact) mass is 233 g/mol. The zero-order chi connectivity index (χ0) is 11.5. The topological polar surface area (TPSA) is 74.7 Å². The van der Waals surface area contributed by atoms with Crippen LogP contribution in [-0.4, -0.2) is 55.5 Å². The molecule has 6 heteroatoms. The predicted octanol–water partition coefficient (Wildman–Crippen LogP) is -0.252. The molecule has 1 rings (SSSR count). The van der Waals surface area contributed by atoms with Crippen molar-refractivity contribution in [3.63, 3.8) is 0 Å². The van der Waals surface area contributed by atoms with Gasteiger partial charge in [0.2, 0.25) is 0 Å². The Balaban J connectivity index is 2.46. The number of aliphatic carboxylic acids is 1. The van der Waals surface area contributed by atoms with E-state index in [0.29, 0.717) is 19.6 Å². The highest BCUT2D eigenvalue weighted by Crippen LogP contribution is 2.06. The van der Waals surface area contributed by atoms with Crippen LogP contribution in [0.25, 0.3) is 0 Å². The maximum Gasteiger partial charge on any atom is 0.328 e. The lowest BCUT2D eigenvalue weighted by molar-refractivity contribution is -0.131. The van der Waals surface area contributed by atoms with Crippen LogP contribution < -0.4 is 0 Å². The standard InChI is InChI=1S/C9H15NO4S/c1-8(6-9(11)12)7-10-2-4-15(13,14)5-3-10/h6H,2-5,7H2,1H3,(H,11,12)/b8-6+. The van der Waals surface area contributed by atoms with Gasteiger partial charge in [0.25, 0.3) is 0 Å². The second-order valence-electron chi connectivity index (χ2n) is 3.76. The Morgan fingerprint density at radius 3 is 2.40 bits per heavy atom. The first-order valence-electron chi connectivity index (χ1n) is 4.72. The largest absolute Gasteiger partial charge is 0.478 e. The van der Waals surface area contributed by atoms with Crippen LogP contribution in [0.2, 0.25) is 0 Å². The Hall–Kier alpha value is -0.880. The molecule has 1 aliphatic heterocycles. The van der Waals surface area contributed by atoms with Gasteiger partial charge in [0, 0.05) is 25.7 Å². The minimum Gasteiger partial charge on any atom is -0.478 e. The normalized spacial score (nSPS) is 22.6. The quantitative estimate of drug-likeness (QED) is 0.680. The van der Waals surface area contributed by atoms with Gasteiger partial charge in [-0.1, -0.05) is 5.57 Å². The number of carbonyl (C=O) groups is 1. The maximum absolute atomic E-state index is 11.1. The third kappa shape index (κ3) is 4.44. The summed E-state index contributed by atoms with van der Waals surface area (Å²) in [7, 11) is -2.85. The third-order valence-corrected chi connectivity index (χ3v) is 3.89. The molecule has 1 heterocycles. The van der Waals surface area contributed by atoms with Crippen molar-refractivity contribution in [3.8, 4) is 0 Å². The maximum atomic E-state index is 11.1. The van der Waals surface area contributed by atoms with Gasteiger partial charge in [0.1, 0.15) is 0 Å². The van der Waals surface area contributed by atoms with Crippen molar-refractivity contribution >= 4 is 15.8 Å². The van der Waals surface area contributed by atoms with Crippen LogP contribution in [0.5, 0.6) is 0 Å². The summed E-state index contributed by atoms with van der Waals surface area (Å²) < 4.78 is 22.2. The number of hydrogen-bond donors (Lipinski definition) is 1. The van der Waals surface area contributed by atoms with Gasteiger partial charge in [-0.15, -0.1) is 0 Å². The Labute approximate surface area is 89.3 Å².